The number of thiocarbonyl (C=S) groups is 1. The highest BCUT2D eigenvalue weighted by Crippen LogP contribution is 2.37. The molecule has 3 aromatic carbocycles. The smallest absolute Gasteiger partial charge is 0.270 e. The van der Waals surface area contributed by atoms with Crippen LogP contribution >= 0.6 is 51.5 Å². The van der Waals surface area contributed by atoms with E-state index in [1.165, 1.54) is 11.8 Å². The molecule has 3 nitrogen and oxygen atoms in total. The van der Waals surface area contributed by atoms with Gasteiger partial charge >= 0.3 is 0 Å². The maximum atomic E-state index is 12.9. The molecule has 1 fully saturated rings. The van der Waals surface area contributed by atoms with Crippen LogP contribution in [-0.4, -0.2) is 10.2 Å². The van der Waals surface area contributed by atoms with Gasteiger partial charge in [-0.2, -0.15) is 0 Å². The first-order valence-corrected chi connectivity index (χ1v) is 11.4. The van der Waals surface area contributed by atoms with Gasteiger partial charge in [0.15, 0.2) is 4.32 Å². The Morgan fingerprint density at radius 2 is 1.83 bits per heavy atom. The number of rotatable bonds is 5. The number of carbonyl (C=O) groups excluding carboxylic acids is 1. The van der Waals surface area contributed by atoms with Crippen molar-refractivity contribution in [2.45, 2.75) is 6.61 Å². The van der Waals surface area contributed by atoms with Gasteiger partial charge in [0.1, 0.15) is 12.4 Å². The van der Waals surface area contributed by atoms with E-state index in [4.69, 9.17) is 28.6 Å². The van der Waals surface area contributed by atoms with Gasteiger partial charge in [0.05, 0.1) is 10.6 Å². The van der Waals surface area contributed by atoms with Crippen molar-refractivity contribution in [3.63, 3.8) is 0 Å². The first kappa shape index (κ1) is 21.1. The Labute approximate surface area is 197 Å². The van der Waals surface area contributed by atoms with Gasteiger partial charge in [-0.05, 0) is 59.7 Å². The molecule has 0 atom stereocenters. The maximum absolute atomic E-state index is 12.9. The Bertz CT molecular complexity index is 1150. The molecule has 0 aliphatic carbocycles. The van der Waals surface area contributed by atoms with Crippen LogP contribution in [0.1, 0.15) is 11.1 Å². The zero-order valence-electron chi connectivity index (χ0n) is 15.5. The van der Waals surface area contributed by atoms with E-state index in [2.05, 4.69) is 15.9 Å². The zero-order chi connectivity index (χ0) is 21.1. The Hall–Kier alpha value is -2.12. The monoisotopic (exact) mass is 515 g/mol. The lowest BCUT2D eigenvalue weighted by molar-refractivity contribution is -0.113. The predicted molar refractivity (Wildman–Crippen MR) is 132 cm³/mol. The van der Waals surface area contributed by atoms with Crippen LogP contribution in [0.25, 0.3) is 6.08 Å². The average molecular weight is 517 g/mol. The number of thioether (sulfide) groups is 1. The number of ether oxygens (including phenoxy) is 1. The van der Waals surface area contributed by atoms with Gasteiger partial charge in [-0.1, -0.05) is 81.8 Å². The highest BCUT2D eigenvalue weighted by atomic mass is 79.9. The molecule has 0 bridgehead atoms. The van der Waals surface area contributed by atoms with Crippen molar-refractivity contribution < 1.29 is 9.53 Å². The largest absolute Gasteiger partial charge is 0.489 e. The third kappa shape index (κ3) is 4.95. The second kappa shape index (κ2) is 9.35. The summed E-state index contributed by atoms with van der Waals surface area (Å²) in [7, 11) is 0. The van der Waals surface area contributed by atoms with Crippen LogP contribution < -0.4 is 9.64 Å². The Kier molecular flexibility index (Phi) is 6.58. The molecule has 3 aromatic rings. The fraction of sp³-hybridized carbons (Fsp3) is 0.0435. The van der Waals surface area contributed by atoms with Crippen LogP contribution in [0.3, 0.4) is 0 Å². The third-order valence-corrected chi connectivity index (χ3v) is 6.38. The second-order valence-electron chi connectivity index (χ2n) is 6.48. The lowest BCUT2D eigenvalue weighted by Gasteiger charge is -2.14. The van der Waals surface area contributed by atoms with Crippen LogP contribution in [0.15, 0.2) is 82.2 Å². The third-order valence-electron chi connectivity index (χ3n) is 4.33. The molecule has 0 spiro atoms. The summed E-state index contributed by atoms with van der Waals surface area (Å²) in [5.41, 5.74) is 2.65. The van der Waals surface area contributed by atoms with Crippen molar-refractivity contribution in [2.75, 3.05) is 4.90 Å². The average Bonchev–Trinajstić information content (AvgIpc) is 3.01. The van der Waals surface area contributed by atoms with Gasteiger partial charge in [0, 0.05) is 9.50 Å². The number of anilines is 1. The van der Waals surface area contributed by atoms with E-state index >= 15 is 0 Å². The van der Waals surface area contributed by atoms with Crippen molar-refractivity contribution in [1.82, 2.24) is 0 Å². The van der Waals surface area contributed by atoms with Gasteiger partial charge in [-0.25, -0.2) is 0 Å². The van der Waals surface area contributed by atoms with Gasteiger partial charge in [-0.15, -0.1) is 0 Å². The molecule has 1 saturated heterocycles. The Morgan fingerprint density at radius 3 is 2.60 bits per heavy atom. The summed E-state index contributed by atoms with van der Waals surface area (Å²) < 4.78 is 7.29. The molecule has 150 valence electrons. The van der Waals surface area contributed by atoms with Gasteiger partial charge in [0.25, 0.3) is 5.91 Å². The maximum Gasteiger partial charge on any atom is 0.270 e. The van der Waals surface area contributed by atoms with E-state index in [0.717, 1.165) is 27.0 Å². The molecular weight excluding hydrogens is 502 g/mol. The minimum absolute atomic E-state index is 0.129. The number of halogens is 2. The zero-order valence-corrected chi connectivity index (χ0v) is 19.5. The first-order chi connectivity index (χ1) is 14.5. The molecular formula is C23H15BrClNO2S2. The summed E-state index contributed by atoms with van der Waals surface area (Å²) in [5, 5.41) is 0.695. The first-order valence-electron chi connectivity index (χ1n) is 9.00. The number of benzene rings is 3. The van der Waals surface area contributed by atoms with Crippen molar-refractivity contribution >= 4 is 73.5 Å². The molecule has 4 rings (SSSR count). The summed E-state index contributed by atoms with van der Waals surface area (Å²) in [6.45, 7) is 0.436. The molecule has 0 aromatic heterocycles. The minimum atomic E-state index is -0.129. The topological polar surface area (TPSA) is 29.5 Å². The number of nitrogens with zero attached hydrogens (tertiary/aromatic N) is 1. The fourth-order valence-corrected chi connectivity index (χ4v) is 4.71. The summed E-state index contributed by atoms with van der Waals surface area (Å²) in [4.78, 5) is 15.1. The molecule has 30 heavy (non-hydrogen) atoms. The van der Waals surface area contributed by atoms with Crippen molar-refractivity contribution in [3.05, 3.63) is 98.3 Å². The van der Waals surface area contributed by atoms with Crippen molar-refractivity contribution in [2.24, 2.45) is 0 Å². The molecule has 0 unspecified atom stereocenters. The summed E-state index contributed by atoms with van der Waals surface area (Å²) in [6, 6.07) is 22.7. The lowest BCUT2D eigenvalue weighted by atomic mass is 10.2. The highest BCUT2D eigenvalue weighted by molar-refractivity contribution is 9.10. The Morgan fingerprint density at radius 1 is 1.07 bits per heavy atom. The van der Waals surface area contributed by atoms with E-state index in [9.17, 15) is 4.79 Å². The quantitative estimate of drug-likeness (QED) is 0.267. The minimum Gasteiger partial charge on any atom is -0.489 e. The molecule has 1 heterocycles. The van der Waals surface area contributed by atoms with Gasteiger partial charge in [-0.3, -0.25) is 9.69 Å². The van der Waals surface area contributed by atoms with Gasteiger partial charge < -0.3 is 4.74 Å². The number of hydrogen-bond donors (Lipinski definition) is 0. The van der Waals surface area contributed by atoms with Crippen molar-refractivity contribution in [3.8, 4) is 5.75 Å². The van der Waals surface area contributed by atoms with Crippen LogP contribution in [0.4, 0.5) is 5.69 Å². The van der Waals surface area contributed by atoms with E-state index in [1.54, 1.807) is 4.90 Å². The summed E-state index contributed by atoms with van der Waals surface area (Å²) in [6.07, 6.45) is 1.84. The number of hydrogen-bond acceptors (Lipinski definition) is 4. The molecule has 7 heteroatoms. The molecule has 1 aliphatic rings. The van der Waals surface area contributed by atoms with Crippen molar-refractivity contribution in [1.29, 1.82) is 0 Å². The van der Waals surface area contributed by atoms with E-state index in [-0.39, 0.29) is 5.91 Å². The van der Waals surface area contributed by atoms with Crippen LogP contribution in [0, 0.1) is 0 Å². The number of amides is 1. The molecule has 0 N–H and O–H groups in total. The second-order valence-corrected chi connectivity index (χ2v) is 9.51. The molecule has 1 amide bonds. The van der Waals surface area contributed by atoms with E-state index in [0.29, 0.717) is 20.9 Å². The lowest BCUT2D eigenvalue weighted by Crippen LogP contribution is -2.27. The predicted octanol–water partition coefficient (Wildman–Crippen LogP) is 7.09. The fourth-order valence-electron chi connectivity index (χ4n) is 2.90. The SMILES string of the molecule is O=C1/C(=C\c2cccc(OCc3ccc(Cl)cc3)c2)SC(=S)N1c1cccc(Br)c1. The Balaban J connectivity index is 1.50. The molecule has 0 saturated carbocycles. The number of carbonyl (C=O) groups is 1. The normalized spacial score (nSPS) is 15.1. The van der Waals surface area contributed by atoms with Crippen LogP contribution in [-0.2, 0) is 11.4 Å². The summed E-state index contributed by atoms with van der Waals surface area (Å²) >= 11 is 16.1. The van der Waals surface area contributed by atoms with E-state index in [1.807, 2.05) is 78.9 Å². The van der Waals surface area contributed by atoms with Gasteiger partial charge in [0.2, 0.25) is 0 Å². The highest BCUT2D eigenvalue weighted by Gasteiger charge is 2.33. The molecule has 0 radical (unpaired) electrons. The van der Waals surface area contributed by atoms with E-state index < -0.39 is 0 Å². The van der Waals surface area contributed by atoms with Crippen LogP contribution in [0.2, 0.25) is 5.02 Å². The molecule has 1 aliphatic heterocycles. The summed E-state index contributed by atoms with van der Waals surface area (Å²) in [5.74, 6) is 0.594. The van der Waals surface area contributed by atoms with Crippen LogP contribution in [0.5, 0.6) is 5.75 Å². The standard InChI is InChI=1S/C23H15BrClNO2S2/c24-17-4-2-5-19(13-17)26-22(27)21(30-23(26)29)12-16-3-1-6-20(11-16)28-14-15-7-9-18(25)10-8-15/h1-13H,14H2/b21-12+.